The molecule has 5 rings (SSSR count). The molecule has 2 saturated heterocycles. The zero-order valence-corrected chi connectivity index (χ0v) is 27.4. The largest absolute Gasteiger partial charge is 0.493 e. The Morgan fingerprint density at radius 3 is 2.34 bits per heavy atom. The maximum Gasteiger partial charge on any atom is 0.236 e. The molecule has 8 heteroatoms. The summed E-state index contributed by atoms with van der Waals surface area (Å²) in [5.41, 5.74) is 5.98. The van der Waals surface area contributed by atoms with Gasteiger partial charge in [-0.05, 0) is 99.4 Å². The fourth-order valence-electron chi connectivity index (χ4n) is 7.25. The number of piperidine rings is 2. The standard InChI is InChI=1S/C36H50N4O4/c1-7-39(8-2)36(42)28-10-9-17-38(22-28)23-33(41)40-18-15-25(16-19-40)26-11-13-30-29(20-26)34(24(3)4)35(37-30)27-12-14-31(43-5)32(21-27)44-6/h11-14,20-21,24-25,28,37H,7-10,15-19,22-23H2,1-6H3. The molecular weight excluding hydrogens is 552 g/mol. The molecule has 2 aromatic carbocycles. The first-order valence-electron chi connectivity index (χ1n) is 16.4. The number of aromatic nitrogens is 1. The number of amides is 2. The van der Waals surface area contributed by atoms with Crippen LogP contribution in [0.3, 0.4) is 0 Å². The molecule has 0 bridgehead atoms. The van der Waals surface area contributed by atoms with Crippen LogP contribution in [0.1, 0.15) is 76.3 Å². The molecule has 1 unspecified atom stereocenters. The first-order chi connectivity index (χ1) is 21.3. The Kier molecular flexibility index (Phi) is 10.2. The first-order valence-corrected chi connectivity index (χ1v) is 16.4. The minimum Gasteiger partial charge on any atom is -0.493 e. The lowest BCUT2D eigenvalue weighted by atomic mass is 9.87. The molecule has 1 aromatic heterocycles. The molecule has 3 heterocycles. The molecule has 1 N–H and O–H groups in total. The zero-order valence-electron chi connectivity index (χ0n) is 27.4. The molecule has 0 saturated carbocycles. The lowest BCUT2D eigenvalue weighted by Crippen LogP contribution is -2.49. The summed E-state index contributed by atoms with van der Waals surface area (Å²) >= 11 is 0. The smallest absolute Gasteiger partial charge is 0.236 e. The van der Waals surface area contributed by atoms with Gasteiger partial charge in [0.15, 0.2) is 11.5 Å². The predicted molar refractivity (Wildman–Crippen MR) is 177 cm³/mol. The van der Waals surface area contributed by atoms with Crippen molar-refractivity contribution >= 4 is 22.7 Å². The van der Waals surface area contributed by atoms with Crippen molar-refractivity contribution in [3.05, 3.63) is 47.5 Å². The SMILES string of the molecule is CCN(CC)C(=O)C1CCCN(CC(=O)N2CCC(c3ccc4[nH]c(-c5ccc(OC)c(OC)c5)c(C(C)C)c4c3)CC2)C1. The molecule has 2 aliphatic rings. The van der Waals surface area contributed by atoms with Crippen molar-refractivity contribution in [2.45, 2.75) is 65.2 Å². The summed E-state index contributed by atoms with van der Waals surface area (Å²) in [5.74, 6) is 2.64. The van der Waals surface area contributed by atoms with Crippen LogP contribution in [0.4, 0.5) is 0 Å². The Morgan fingerprint density at radius 1 is 0.955 bits per heavy atom. The zero-order chi connectivity index (χ0) is 31.4. The lowest BCUT2D eigenvalue weighted by Gasteiger charge is -2.37. The van der Waals surface area contributed by atoms with Crippen molar-refractivity contribution in [1.82, 2.24) is 19.7 Å². The van der Waals surface area contributed by atoms with Crippen LogP contribution >= 0.6 is 0 Å². The number of methoxy groups -OCH3 is 2. The third kappa shape index (κ3) is 6.60. The summed E-state index contributed by atoms with van der Waals surface area (Å²) in [4.78, 5) is 36.1. The second-order valence-corrected chi connectivity index (χ2v) is 12.7. The number of hydrogen-bond acceptors (Lipinski definition) is 5. The molecule has 0 spiro atoms. The van der Waals surface area contributed by atoms with Crippen LogP contribution in [0.15, 0.2) is 36.4 Å². The minimum absolute atomic E-state index is 0.00790. The normalized spacial score (nSPS) is 18.2. The van der Waals surface area contributed by atoms with Crippen molar-refractivity contribution in [3.8, 4) is 22.8 Å². The van der Waals surface area contributed by atoms with E-state index in [1.807, 2.05) is 35.8 Å². The van der Waals surface area contributed by atoms with Crippen LogP contribution in [0.2, 0.25) is 0 Å². The van der Waals surface area contributed by atoms with E-state index < -0.39 is 0 Å². The van der Waals surface area contributed by atoms with Gasteiger partial charge < -0.3 is 24.3 Å². The maximum absolute atomic E-state index is 13.3. The maximum atomic E-state index is 13.3. The molecule has 0 radical (unpaired) electrons. The highest BCUT2D eigenvalue weighted by Crippen LogP contribution is 2.40. The number of nitrogens with zero attached hydrogens (tertiary/aromatic N) is 3. The van der Waals surface area contributed by atoms with Crippen LogP contribution < -0.4 is 9.47 Å². The minimum atomic E-state index is 0.00790. The van der Waals surface area contributed by atoms with Crippen LogP contribution in [0.25, 0.3) is 22.2 Å². The molecule has 0 aliphatic carbocycles. The molecule has 1 atom stereocenters. The summed E-state index contributed by atoms with van der Waals surface area (Å²) in [6.07, 6.45) is 3.82. The Hall–Kier alpha value is -3.52. The topological polar surface area (TPSA) is 78.1 Å². The quantitative estimate of drug-likeness (QED) is 0.296. The second-order valence-electron chi connectivity index (χ2n) is 12.7. The summed E-state index contributed by atoms with van der Waals surface area (Å²) in [5, 5.41) is 1.26. The van der Waals surface area contributed by atoms with Gasteiger partial charge >= 0.3 is 0 Å². The third-order valence-electron chi connectivity index (χ3n) is 9.72. The summed E-state index contributed by atoms with van der Waals surface area (Å²) in [6.45, 7) is 13.6. The summed E-state index contributed by atoms with van der Waals surface area (Å²) in [7, 11) is 3.32. The monoisotopic (exact) mass is 602 g/mol. The molecule has 238 valence electrons. The number of fused-ring (bicyclic) bond motifs is 1. The number of aromatic amines is 1. The van der Waals surface area contributed by atoms with Crippen molar-refractivity contribution < 1.29 is 19.1 Å². The average molecular weight is 603 g/mol. The molecule has 3 aromatic rings. The number of benzene rings is 2. The van der Waals surface area contributed by atoms with E-state index in [0.29, 0.717) is 30.7 Å². The van der Waals surface area contributed by atoms with Gasteiger partial charge in [0.25, 0.3) is 0 Å². The van der Waals surface area contributed by atoms with E-state index in [9.17, 15) is 9.59 Å². The predicted octanol–water partition coefficient (Wildman–Crippen LogP) is 6.26. The fraction of sp³-hybridized carbons (Fsp3) is 0.556. The van der Waals surface area contributed by atoms with Gasteiger partial charge in [0.05, 0.1) is 32.4 Å². The van der Waals surface area contributed by atoms with Gasteiger partial charge in [0.2, 0.25) is 11.8 Å². The molecule has 2 aliphatic heterocycles. The van der Waals surface area contributed by atoms with Crippen LogP contribution in [0, 0.1) is 5.92 Å². The van der Waals surface area contributed by atoms with Crippen molar-refractivity contribution in [3.63, 3.8) is 0 Å². The number of ether oxygens (including phenoxy) is 2. The van der Waals surface area contributed by atoms with E-state index in [2.05, 4.69) is 48.0 Å². The summed E-state index contributed by atoms with van der Waals surface area (Å²) < 4.78 is 11.0. The number of carbonyl (C=O) groups excluding carboxylic acids is 2. The number of hydrogen-bond donors (Lipinski definition) is 1. The average Bonchev–Trinajstić information content (AvgIpc) is 3.44. The Morgan fingerprint density at radius 2 is 1.68 bits per heavy atom. The highest BCUT2D eigenvalue weighted by molar-refractivity contribution is 5.92. The number of nitrogens with one attached hydrogen (secondary N) is 1. The third-order valence-corrected chi connectivity index (χ3v) is 9.72. The Balaban J connectivity index is 1.25. The molecule has 2 fully saturated rings. The highest BCUT2D eigenvalue weighted by Gasteiger charge is 2.31. The number of carbonyl (C=O) groups is 2. The molecule has 8 nitrogen and oxygen atoms in total. The van der Waals surface area contributed by atoms with Gasteiger partial charge in [-0.3, -0.25) is 14.5 Å². The van der Waals surface area contributed by atoms with Crippen LogP contribution in [-0.2, 0) is 9.59 Å². The summed E-state index contributed by atoms with van der Waals surface area (Å²) in [6, 6.07) is 12.9. The molecular formula is C36H50N4O4. The van der Waals surface area contributed by atoms with E-state index in [1.54, 1.807) is 14.2 Å². The van der Waals surface area contributed by atoms with E-state index in [0.717, 1.165) is 80.9 Å². The fourth-order valence-corrected chi connectivity index (χ4v) is 7.25. The Bertz CT molecular complexity index is 1450. The van der Waals surface area contributed by atoms with Gasteiger partial charge in [-0.1, -0.05) is 19.9 Å². The van der Waals surface area contributed by atoms with Gasteiger partial charge in [0.1, 0.15) is 0 Å². The number of H-pyrrole nitrogens is 1. The molecule has 2 amide bonds. The van der Waals surface area contributed by atoms with Crippen molar-refractivity contribution in [2.75, 3.05) is 60.0 Å². The van der Waals surface area contributed by atoms with Crippen molar-refractivity contribution in [1.29, 1.82) is 0 Å². The highest BCUT2D eigenvalue weighted by atomic mass is 16.5. The van der Waals surface area contributed by atoms with Gasteiger partial charge in [-0.25, -0.2) is 0 Å². The number of likely N-dealkylation sites (tertiary alicyclic amines) is 2. The van der Waals surface area contributed by atoms with Crippen molar-refractivity contribution in [2.24, 2.45) is 5.92 Å². The Labute approximate surface area is 262 Å². The second kappa shape index (κ2) is 14.1. The van der Waals surface area contributed by atoms with Gasteiger partial charge in [-0.2, -0.15) is 0 Å². The van der Waals surface area contributed by atoms with E-state index in [1.165, 1.54) is 16.5 Å². The number of rotatable bonds is 10. The van der Waals surface area contributed by atoms with Gasteiger partial charge in [-0.15, -0.1) is 0 Å². The van der Waals surface area contributed by atoms with E-state index >= 15 is 0 Å². The van der Waals surface area contributed by atoms with E-state index in [4.69, 9.17) is 9.47 Å². The molecule has 44 heavy (non-hydrogen) atoms. The van der Waals surface area contributed by atoms with Crippen LogP contribution in [0.5, 0.6) is 11.5 Å². The van der Waals surface area contributed by atoms with Gasteiger partial charge in [0, 0.05) is 49.2 Å². The first kappa shape index (κ1) is 31.9. The lowest BCUT2D eigenvalue weighted by molar-refractivity contribution is -0.139. The van der Waals surface area contributed by atoms with Crippen LogP contribution in [-0.4, -0.2) is 91.5 Å². The van der Waals surface area contributed by atoms with E-state index in [-0.39, 0.29) is 17.7 Å².